The van der Waals surface area contributed by atoms with Gasteiger partial charge >= 0.3 is 0 Å². The highest BCUT2D eigenvalue weighted by molar-refractivity contribution is 5.92. The fourth-order valence-corrected chi connectivity index (χ4v) is 3.13. The lowest BCUT2D eigenvalue weighted by molar-refractivity contribution is -0.117. The molecule has 4 nitrogen and oxygen atoms in total. The fraction of sp³-hybridized carbons (Fsp3) is 0.318. The van der Waals surface area contributed by atoms with E-state index in [1.54, 1.807) is 13.2 Å². The number of amides is 1. The van der Waals surface area contributed by atoms with Crippen molar-refractivity contribution < 1.29 is 14.3 Å². The lowest BCUT2D eigenvalue weighted by Crippen LogP contribution is -2.30. The lowest BCUT2D eigenvalue weighted by Gasteiger charge is -2.22. The summed E-state index contributed by atoms with van der Waals surface area (Å²) in [5, 5.41) is 3.10. The zero-order chi connectivity index (χ0) is 18.5. The number of hydrogen-bond acceptors (Lipinski definition) is 3. The number of ether oxygens (including phenoxy) is 2. The van der Waals surface area contributed by atoms with Gasteiger partial charge in [0.1, 0.15) is 11.5 Å². The summed E-state index contributed by atoms with van der Waals surface area (Å²) in [6.07, 6.45) is 4.37. The number of hydrogen-bond donors (Lipinski definition) is 1. The average Bonchev–Trinajstić information content (AvgIpc) is 3.12. The van der Waals surface area contributed by atoms with Crippen molar-refractivity contribution in [1.82, 2.24) is 5.32 Å². The number of nitrogens with one attached hydrogen (secondary N) is 1. The molecule has 0 radical (unpaired) electrons. The summed E-state index contributed by atoms with van der Waals surface area (Å²) >= 11 is 0. The summed E-state index contributed by atoms with van der Waals surface area (Å²) in [7, 11) is 1.65. The van der Waals surface area contributed by atoms with Gasteiger partial charge in [-0.3, -0.25) is 4.79 Å². The van der Waals surface area contributed by atoms with Gasteiger partial charge in [0, 0.05) is 12.5 Å². The first kappa shape index (κ1) is 18.1. The Morgan fingerprint density at radius 2 is 1.96 bits per heavy atom. The molecule has 2 aromatic rings. The normalized spacial score (nSPS) is 14.2. The van der Waals surface area contributed by atoms with Crippen LogP contribution in [0.3, 0.4) is 0 Å². The van der Waals surface area contributed by atoms with Gasteiger partial charge in [-0.05, 0) is 52.9 Å². The Labute approximate surface area is 154 Å². The maximum atomic E-state index is 12.4. The van der Waals surface area contributed by atoms with Crippen LogP contribution < -0.4 is 14.8 Å². The van der Waals surface area contributed by atoms with Gasteiger partial charge in [0.15, 0.2) is 0 Å². The van der Waals surface area contributed by atoms with Crippen LogP contribution in [0.25, 0.3) is 6.08 Å². The molecule has 0 aromatic heterocycles. The molecule has 0 fully saturated rings. The van der Waals surface area contributed by atoms with Crippen LogP contribution in [0.2, 0.25) is 0 Å². The molecule has 1 aliphatic heterocycles. The highest BCUT2D eigenvalue weighted by atomic mass is 16.5. The predicted molar refractivity (Wildman–Crippen MR) is 103 cm³/mol. The van der Waals surface area contributed by atoms with Crippen molar-refractivity contribution in [2.24, 2.45) is 5.92 Å². The molecule has 1 N–H and O–H groups in total. The Morgan fingerprint density at radius 3 is 2.65 bits per heavy atom. The largest absolute Gasteiger partial charge is 0.497 e. The van der Waals surface area contributed by atoms with E-state index < -0.39 is 0 Å². The van der Waals surface area contributed by atoms with Crippen molar-refractivity contribution in [3.63, 3.8) is 0 Å². The molecule has 26 heavy (non-hydrogen) atoms. The molecule has 0 aliphatic carbocycles. The van der Waals surface area contributed by atoms with Crippen molar-refractivity contribution in [1.29, 1.82) is 0 Å². The number of rotatable bonds is 6. The first-order chi connectivity index (χ1) is 12.6. The Hall–Kier alpha value is -2.75. The van der Waals surface area contributed by atoms with Gasteiger partial charge in [0.05, 0.1) is 19.8 Å². The van der Waals surface area contributed by atoms with Crippen LogP contribution in [0, 0.1) is 5.92 Å². The predicted octanol–water partition coefficient (Wildman–Crippen LogP) is 4.16. The first-order valence-corrected chi connectivity index (χ1v) is 8.95. The molecule has 1 amide bonds. The molecule has 1 atom stereocenters. The summed E-state index contributed by atoms with van der Waals surface area (Å²) in [5.41, 5.74) is 3.28. The second-order valence-electron chi connectivity index (χ2n) is 6.80. The quantitative estimate of drug-likeness (QED) is 0.795. The number of carbonyl (C=O) groups excluding carboxylic acids is 1. The minimum Gasteiger partial charge on any atom is -0.497 e. The lowest BCUT2D eigenvalue weighted by atomic mass is 9.96. The first-order valence-electron chi connectivity index (χ1n) is 8.95. The third-order valence-corrected chi connectivity index (χ3v) is 4.58. The molecular formula is C22H25NO3. The van der Waals surface area contributed by atoms with E-state index in [1.165, 1.54) is 5.56 Å². The van der Waals surface area contributed by atoms with Gasteiger partial charge in [-0.1, -0.05) is 32.0 Å². The van der Waals surface area contributed by atoms with E-state index in [-0.39, 0.29) is 17.9 Å². The third kappa shape index (κ3) is 4.26. The average molecular weight is 351 g/mol. The second kappa shape index (κ2) is 8.09. The second-order valence-corrected chi connectivity index (χ2v) is 6.80. The van der Waals surface area contributed by atoms with Gasteiger partial charge < -0.3 is 14.8 Å². The van der Waals surface area contributed by atoms with Crippen LogP contribution in [0.4, 0.5) is 0 Å². The summed E-state index contributed by atoms with van der Waals surface area (Å²) in [4.78, 5) is 12.4. The van der Waals surface area contributed by atoms with Crippen LogP contribution in [0.1, 0.15) is 36.6 Å². The number of carbonyl (C=O) groups is 1. The SMILES string of the molecule is COc1ccc([C@H](NC(=O)/C=C/c2ccc3c(c2)CCO3)C(C)C)cc1. The van der Waals surface area contributed by atoms with Crippen LogP contribution in [0.5, 0.6) is 11.5 Å². The Morgan fingerprint density at radius 1 is 1.19 bits per heavy atom. The van der Waals surface area contributed by atoms with E-state index >= 15 is 0 Å². The van der Waals surface area contributed by atoms with Crippen LogP contribution in [-0.2, 0) is 11.2 Å². The van der Waals surface area contributed by atoms with Crippen molar-refractivity contribution in [2.45, 2.75) is 26.3 Å². The molecule has 2 aromatic carbocycles. The minimum atomic E-state index is -0.101. The van der Waals surface area contributed by atoms with Crippen LogP contribution in [-0.4, -0.2) is 19.6 Å². The molecule has 3 rings (SSSR count). The van der Waals surface area contributed by atoms with E-state index in [0.29, 0.717) is 0 Å². The van der Waals surface area contributed by atoms with Gasteiger partial charge in [-0.2, -0.15) is 0 Å². The standard InChI is InChI=1S/C22H25NO3/c1-15(2)22(17-6-8-19(25-3)9-7-17)23-21(24)11-5-16-4-10-20-18(14-16)12-13-26-20/h4-11,14-15,22H,12-13H2,1-3H3,(H,23,24)/b11-5+/t22-/m1/s1. The fourth-order valence-electron chi connectivity index (χ4n) is 3.13. The molecule has 0 unspecified atom stereocenters. The molecule has 0 bridgehead atoms. The number of methoxy groups -OCH3 is 1. The van der Waals surface area contributed by atoms with E-state index in [0.717, 1.165) is 35.7 Å². The summed E-state index contributed by atoms with van der Waals surface area (Å²) in [5.74, 6) is 1.93. The zero-order valence-electron chi connectivity index (χ0n) is 15.5. The van der Waals surface area contributed by atoms with Crippen molar-refractivity contribution in [3.05, 3.63) is 65.2 Å². The van der Waals surface area contributed by atoms with E-state index in [4.69, 9.17) is 9.47 Å². The zero-order valence-corrected chi connectivity index (χ0v) is 15.5. The molecule has 136 valence electrons. The minimum absolute atomic E-state index is 0.0496. The molecule has 1 heterocycles. The molecule has 1 aliphatic rings. The monoisotopic (exact) mass is 351 g/mol. The van der Waals surface area contributed by atoms with Gasteiger partial charge in [-0.15, -0.1) is 0 Å². The summed E-state index contributed by atoms with van der Waals surface area (Å²) in [6.45, 7) is 4.93. The molecule has 0 saturated carbocycles. The maximum absolute atomic E-state index is 12.4. The number of fused-ring (bicyclic) bond motifs is 1. The van der Waals surface area contributed by atoms with Crippen LogP contribution >= 0.6 is 0 Å². The van der Waals surface area contributed by atoms with Crippen LogP contribution in [0.15, 0.2) is 48.5 Å². The van der Waals surface area contributed by atoms with Crippen molar-refractivity contribution >= 4 is 12.0 Å². The smallest absolute Gasteiger partial charge is 0.244 e. The Kier molecular flexibility index (Phi) is 5.61. The summed E-state index contributed by atoms with van der Waals surface area (Å²) in [6, 6.07) is 13.8. The van der Waals surface area contributed by atoms with Gasteiger partial charge in [0.25, 0.3) is 0 Å². The maximum Gasteiger partial charge on any atom is 0.244 e. The molecule has 0 saturated heterocycles. The third-order valence-electron chi connectivity index (χ3n) is 4.58. The topological polar surface area (TPSA) is 47.6 Å². The van der Waals surface area contributed by atoms with E-state index in [1.807, 2.05) is 42.5 Å². The van der Waals surface area contributed by atoms with Gasteiger partial charge in [0.2, 0.25) is 5.91 Å². The molecule has 4 heteroatoms. The van der Waals surface area contributed by atoms with E-state index in [2.05, 4.69) is 25.2 Å². The highest BCUT2D eigenvalue weighted by Crippen LogP contribution is 2.26. The van der Waals surface area contributed by atoms with Crippen molar-refractivity contribution in [2.75, 3.05) is 13.7 Å². The molecule has 0 spiro atoms. The summed E-state index contributed by atoms with van der Waals surface area (Å²) < 4.78 is 10.7. The molecular weight excluding hydrogens is 326 g/mol. The Bertz CT molecular complexity index is 794. The van der Waals surface area contributed by atoms with Gasteiger partial charge in [-0.25, -0.2) is 0 Å². The van der Waals surface area contributed by atoms with E-state index in [9.17, 15) is 4.79 Å². The van der Waals surface area contributed by atoms with Crippen molar-refractivity contribution in [3.8, 4) is 11.5 Å². The highest BCUT2D eigenvalue weighted by Gasteiger charge is 2.17. The Balaban J connectivity index is 1.67. The number of benzene rings is 2.